The van der Waals surface area contributed by atoms with Crippen molar-refractivity contribution in [2.24, 2.45) is 0 Å². The van der Waals surface area contributed by atoms with Gasteiger partial charge in [-0.05, 0) is 55.5 Å². The van der Waals surface area contributed by atoms with Gasteiger partial charge in [0.2, 0.25) is 0 Å². The minimum atomic E-state index is 0.0452. The highest BCUT2D eigenvalue weighted by Crippen LogP contribution is 2.29. The van der Waals surface area contributed by atoms with Gasteiger partial charge in [0, 0.05) is 10.9 Å². The molecule has 0 amide bonds. The molecule has 0 aliphatic carbocycles. The van der Waals surface area contributed by atoms with Crippen molar-refractivity contribution in [2.45, 2.75) is 33.1 Å². The smallest absolute Gasteiger partial charge is 0.0503 e. The summed E-state index contributed by atoms with van der Waals surface area (Å²) in [5.41, 5.74) is 6.19. The van der Waals surface area contributed by atoms with Crippen LogP contribution in [0.4, 0.5) is 0 Å². The van der Waals surface area contributed by atoms with E-state index in [0.717, 1.165) is 17.0 Å². The van der Waals surface area contributed by atoms with Gasteiger partial charge in [-0.25, -0.2) is 0 Å². The second-order valence-corrected chi connectivity index (χ2v) is 5.89. The molecule has 2 aromatic carbocycles. The van der Waals surface area contributed by atoms with Gasteiger partial charge in [0.25, 0.3) is 0 Å². The quantitative estimate of drug-likeness (QED) is 0.873. The van der Waals surface area contributed by atoms with Gasteiger partial charge >= 0.3 is 0 Å². The zero-order valence-corrected chi connectivity index (χ0v) is 13.0. The summed E-state index contributed by atoms with van der Waals surface area (Å²) < 4.78 is 0. The second-order valence-electron chi connectivity index (χ2n) is 5.48. The van der Waals surface area contributed by atoms with E-state index in [-0.39, 0.29) is 12.5 Å². The third-order valence-electron chi connectivity index (χ3n) is 3.86. The maximum absolute atomic E-state index is 9.74. The summed E-state index contributed by atoms with van der Waals surface area (Å²) in [5, 5.41) is 10.5. The van der Waals surface area contributed by atoms with Crippen LogP contribution in [0.25, 0.3) is 0 Å². The van der Waals surface area contributed by atoms with Crippen molar-refractivity contribution in [1.82, 2.24) is 0 Å². The molecular weight excluding hydrogens is 268 g/mol. The number of rotatable bonds is 4. The normalized spacial score (nSPS) is 12.4. The molecule has 1 unspecified atom stereocenters. The van der Waals surface area contributed by atoms with Crippen molar-refractivity contribution in [1.29, 1.82) is 0 Å². The zero-order chi connectivity index (χ0) is 14.7. The van der Waals surface area contributed by atoms with E-state index in [1.165, 1.54) is 22.3 Å². The van der Waals surface area contributed by atoms with Crippen molar-refractivity contribution in [2.75, 3.05) is 6.61 Å². The van der Waals surface area contributed by atoms with Crippen LogP contribution in [-0.2, 0) is 6.42 Å². The van der Waals surface area contributed by atoms with Crippen LogP contribution < -0.4 is 0 Å². The van der Waals surface area contributed by atoms with Crippen molar-refractivity contribution in [3.05, 3.63) is 69.2 Å². The Morgan fingerprint density at radius 2 is 1.65 bits per heavy atom. The van der Waals surface area contributed by atoms with Crippen LogP contribution in [0.3, 0.4) is 0 Å². The summed E-state index contributed by atoms with van der Waals surface area (Å²) >= 11 is 6.26. The number of hydrogen-bond acceptors (Lipinski definition) is 1. The average Bonchev–Trinajstić information content (AvgIpc) is 2.39. The highest BCUT2D eigenvalue weighted by atomic mass is 35.5. The van der Waals surface area contributed by atoms with Gasteiger partial charge in [0.15, 0.2) is 0 Å². The minimum Gasteiger partial charge on any atom is -0.396 e. The predicted molar refractivity (Wildman–Crippen MR) is 85.6 cm³/mol. The van der Waals surface area contributed by atoms with Crippen molar-refractivity contribution >= 4 is 11.6 Å². The molecule has 0 heterocycles. The summed E-state index contributed by atoms with van der Waals surface area (Å²) in [7, 11) is 0. The Labute approximate surface area is 126 Å². The molecule has 1 N–H and O–H groups in total. The molecule has 0 radical (unpaired) electrons. The largest absolute Gasteiger partial charge is 0.396 e. The Balaban J connectivity index is 2.35. The lowest BCUT2D eigenvalue weighted by Crippen LogP contribution is -2.10. The first-order chi connectivity index (χ1) is 9.52. The molecule has 0 bridgehead atoms. The fourth-order valence-corrected chi connectivity index (χ4v) is 3.15. The summed E-state index contributed by atoms with van der Waals surface area (Å²) in [6, 6.07) is 12.2. The van der Waals surface area contributed by atoms with Crippen LogP contribution >= 0.6 is 11.6 Å². The van der Waals surface area contributed by atoms with Gasteiger partial charge in [-0.1, -0.05) is 47.5 Å². The molecule has 0 spiro atoms. The van der Waals surface area contributed by atoms with Crippen molar-refractivity contribution in [3.63, 3.8) is 0 Å². The molecule has 0 saturated carbocycles. The van der Waals surface area contributed by atoms with E-state index in [1.807, 2.05) is 24.3 Å². The molecule has 0 aliphatic heterocycles. The van der Waals surface area contributed by atoms with Gasteiger partial charge < -0.3 is 5.11 Å². The summed E-state index contributed by atoms with van der Waals surface area (Å²) in [6.07, 6.45) is 0.818. The van der Waals surface area contributed by atoms with E-state index in [2.05, 4.69) is 32.9 Å². The number of benzene rings is 2. The molecule has 1 atom stereocenters. The molecule has 0 aliphatic rings. The molecule has 0 saturated heterocycles. The molecular formula is C18H21ClO. The lowest BCUT2D eigenvalue weighted by atomic mass is 9.88. The first-order valence-electron chi connectivity index (χ1n) is 6.95. The van der Waals surface area contributed by atoms with Crippen LogP contribution in [-0.4, -0.2) is 11.7 Å². The fourth-order valence-electron chi connectivity index (χ4n) is 2.86. The molecule has 20 heavy (non-hydrogen) atoms. The Morgan fingerprint density at radius 1 is 1.05 bits per heavy atom. The zero-order valence-electron chi connectivity index (χ0n) is 12.3. The average molecular weight is 289 g/mol. The lowest BCUT2D eigenvalue weighted by Gasteiger charge is -2.19. The fraction of sp³-hybridized carbons (Fsp3) is 0.333. The highest BCUT2D eigenvalue weighted by Gasteiger charge is 2.16. The van der Waals surface area contributed by atoms with E-state index in [1.54, 1.807) is 0 Å². The van der Waals surface area contributed by atoms with E-state index in [9.17, 15) is 5.11 Å². The van der Waals surface area contributed by atoms with E-state index >= 15 is 0 Å². The first kappa shape index (κ1) is 15.1. The maximum Gasteiger partial charge on any atom is 0.0503 e. The monoisotopic (exact) mass is 288 g/mol. The topological polar surface area (TPSA) is 20.2 Å². The molecule has 2 rings (SSSR count). The summed E-state index contributed by atoms with van der Waals surface area (Å²) in [4.78, 5) is 0. The molecule has 0 fully saturated rings. The summed E-state index contributed by atoms with van der Waals surface area (Å²) in [5.74, 6) is 0.0452. The lowest BCUT2D eigenvalue weighted by molar-refractivity contribution is 0.264. The molecule has 0 aromatic heterocycles. The van der Waals surface area contributed by atoms with E-state index < -0.39 is 0 Å². The van der Waals surface area contributed by atoms with Gasteiger partial charge in [-0.15, -0.1) is 0 Å². The Kier molecular flexibility index (Phi) is 4.85. The number of hydrogen-bond donors (Lipinski definition) is 1. The van der Waals surface area contributed by atoms with Crippen LogP contribution in [0, 0.1) is 20.8 Å². The third-order valence-corrected chi connectivity index (χ3v) is 4.20. The second kappa shape index (κ2) is 6.43. The molecule has 1 nitrogen and oxygen atoms in total. The number of halogens is 1. The number of aliphatic hydroxyl groups is 1. The van der Waals surface area contributed by atoms with Crippen molar-refractivity contribution < 1.29 is 5.11 Å². The Bertz CT molecular complexity index is 581. The van der Waals surface area contributed by atoms with Gasteiger partial charge in [-0.2, -0.15) is 0 Å². The molecule has 106 valence electrons. The van der Waals surface area contributed by atoms with Crippen LogP contribution in [0.5, 0.6) is 0 Å². The summed E-state index contributed by atoms with van der Waals surface area (Å²) in [6.45, 7) is 6.49. The Hall–Kier alpha value is -1.31. The van der Waals surface area contributed by atoms with Crippen LogP contribution in [0.2, 0.25) is 5.02 Å². The van der Waals surface area contributed by atoms with Gasteiger partial charge in [-0.3, -0.25) is 0 Å². The Morgan fingerprint density at radius 3 is 2.20 bits per heavy atom. The molecule has 2 aromatic rings. The van der Waals surface area contributed by atoms with Crippen molar-refractivity contribution in [3.8, 4) is 0 Å². The molecule has 2 heteroatoms. The highest BCUT2D eigenvalue weighted by molar-refractivity contribution is 6.31. The van der Waals surface area contributed by atoms with Crippen LogP contribution in [0.1, 0.15) is 33.7 Å². The standard InChI is InChI=1S/C18H21ClO/c1-12-8-13(2)17(14(3)9-12)10-15(11-20)16-6-4-5-7-18(16)19/h4-9,15,20H,10-11H2,1-3H3. The third kappa shape index (κ3) is 3.23. The van der Waals surface area contributed by atoms with Crippen LogP contribution in [0.15, 0.2) is 36.4 Å². The first-order valence-corrected chi connectivity index (χ1v) is 7.32. The van der Waals surface area contributed by atoms with E-state index in [0.29, 0.717) is 0 Å². The van der Waals surface area contributed by atoms with E-state index in [4.69, 9.17) is 11.6 Å². The van der Waals surface area contributed by atoms with Gasteiger partial charge in [0.05, 0.1) is 6.61 Å². The minimum absolute atomic E-state index is 0.0452. The maximum atomic E-state index is 9.74. The van der Waals surface area contributed by atoms with Gasteiger partial charge in [0.1, 0.15) is 0 Å². The number of aliphatic hydroxyl groups excluding tert-OH is 1. The SMILES string of the molecule is Cc1cc(C)c(CC(CO)c2ccccc2Cl)c(C)c1. The predicted octanol–water partition coefficient (Wildman–Crippen LogP) is 4.58. The number of aryl methyl sites for hydroxylation is 3.